The number of benzene rings is 1. The quantitative estimate of drug-likeness (QED) is 0.916. The first-order chi connectivity index (χ1) is 11.7. The molecular weight excluding hydrogens is 304 g/mol. The zero-order valence-electron chi connectivity index (χ0n) is 14.6. The molecule has 1 saturated heterocycles. The number of carbonyl (C=O) groups is 1. The average Bonchev–Trinajstić information content (AvgIpc) is 2.82. The van der Waals surface area contributed by atoms with Crippen molar-refractivity contribution in [3.8, 4) is 0 Å². The highest BCUT2D eigenvalue weighted by Gasteiger charge is 2.38. The number of nitrogens with zero attached hydrogens (tertiary/aromatic N) is 1. The minimum Gasteiger partial charge on any atom is -0.380 e. The molecule has 24 heavy (non-hydrogen) atoms. The lowest BCUT2D eigenvalue weighted by Crippen LogP contribution is -2.54. The highest BCUT2D eigenvalue weighted by Crippen LogP contribution is 2.33. The Hall–Kier alpha value is -1.59. The molecule has 2 fully saturated rings. The minimum atomic E-state index is -0.117. The number of anilines is 1. The third-order valence-corrected chi connectivity index (χ3v) is 5.07. The summed E-state index contributed by atoms with van der Waals surface area (Å²) in [6.07, 6.45) is 7.12. The Bertz CT molecular complexity index is 536. The molecule has 1 aromatic rings. The summed E-state index contributed by atoms with van der Waals surface area (Å²) in [6, 6.07) is 7.78. The number of carbonyl (C=O) groups excluding carboxylic acids is 1. The summed E-state index contributed by atoms with van der Waals surface area (Å²) >= 11 is 0. The summed E-state index contributed by atoms with van der Waals surface area (Å²) in [7, 11) is 1.68. The Balaban J connectivity index is 1.59. The fourth-order valence-corrected chi connectivity index (χ4v) is 3.75. The molecular formula is C19H28N2O3. The second kappa shape index (κ2) is 7.99. The van der Waals surface area contributed by atoms with Crippen LogP contribution in [0.5, 0.6) is 0 Å². The van der Waals surface area contributed by atoms with Crippen molar-refractivity contribution in [2.24, 2.45) is 0 Å². The van der Waals surface area contributed by atoms with Gasteiger partial charge in [0.15, 0.2) is 0 Å². The van der Waals surface area contributed by atoms with E-state index in [1.807, 2.05) is 29.2 Å². The van der Waals surface area contributed by atoms with Crippen LogP contribution in [0, 0.1) is 0 Å². The van der Waals surface area contributed by atoms with Crippen molar-refractivity contribution >= 4 is 11.7 Å². The molecule has 5 heteroatoms. The van der Waals surface area contributed by atoms with Crippen molar-refractivity contribution in [1.29, 1.82) is 0 Å². The van der Waals surface area contributed by atoms with Crippen LogP contribution in [0.25, 0.3) is 0 Å². The third-order valence-electron chi connectivity index (χ3n) is 5.07. The molecule has 0 aromatic heterocycles. The molecule has 1 aliphatic carbocycles. The summed E-state index contributed by atoms with van der Waals surface area (Å²) in [5.74, 6) is 0. The molecule has 1 spiro atoms. The van der Waals surface area contributed by atoms with Crippen molar-refractivity contribution in [2.75, 3.05) is 32.1 Å². The van der Waals surface area contributed by atoms with Gasteiger partial charge in [0.05, 0.1) is 25.4 Å². The first-order valence-electron chi connectivity index (χ1n) is 8.99. The Labute approximate surface area is 144 Å². The molecule has 0 unspecified atom stereocenters. The van der Waals surface area contributed by atoms with Gasteiger partial charge in [0.25, 0.3) is 0 Å². The number of hydrogen-bond donors (Lipinski definition) is 1. The number of ether oxygens (including phenoxy) is 2. The van der Waals surface area contributed by atoms with E-state index in [1.54, 1.807) is 7.11 Å². The van der Waals surface area contributed by atoms with Crippen LogP contribution < -0.4 is 5.32 Å². The standard InChI is InChI=1S/C19H28N2O3/c1-23-14-16-6-8-17(9-7-16)20-18(22)21-12-13-24-19(15-21)10-4-2-3-5-11-19/h6-9H,2-5,10-15H2,1H3,(H,20,22). The van der Waals surface area contributed by atoms with Crippen molar-refractivity contribution in [3.63, 3.8) is 0 Å². The summed E-state index contributed by atoms with van der Waals surface area (Å²) in [5, 5.41) is 3.01. The van der Waals surface area contributed by atoms with Crippen LogP contribution in [0.15, 0.2) is 24.3 Å². The predicted octanol–water partition coefficient (Wildman–Crippen LogP) is 3.79. The fraction of sp³-hybridized carbons (Fsp3) is 0.632. The summed E-state index contributed by atoms with van der Waals surface area (Å²) in [4.78, 5) is 14.5. The normalized spacial score (nSPS) is 20.6. The van der Waals surface area contributed by atoms with Crippen LogP contribution in [0.1, 0.15) is 44.1 Å². The van der Waals surface area contributed by atoms with Crippen LogP contribution in [-0.4, -0.2) is 43.3 Å². The number of morpholine rings is 1. The predicted molar refractivity (Wildman–Crippen MR) is 94.1 cm³/mol. The molecule has 0 bridgehead atoms. The van der Waals surface area contributed by atoms with Crippen molar-refractivity contribution in [1.82, 2.24) is 4.90 Å². The van der Waals surface area contributed by atoms with E-state index in [-0.39, 0.29) is 11.6 Å². The lowest BCUT2D eigenvalue weighted by molar-refractivity contribution is -0.104. The van der Waals surface area contributed by atoms with Crippen LogP contribution in [0.3, 0.4) is 0 Å². The van der Waals surface area contributed by atoms with Crippen LogP contribution >= 0.6 is 0 Å². The second-order valence-corrected chi connectivity index (χ2v) is 6.93. The third kappa shape index (κ3) is 4.28. The highest BCUT2D eigenvalue weighted by molar-refractivity contribution is 5.89. The van der Waals surface area contributed by atoms with E-state index >= 15 is 0 Å². The maximum Gasteiger partial charge on any atom is 0.322 e. The summed E-state index contributed by atoms with van der Waals surface area (Å²) in [5.41, 5.74) is 1.80. The van der Waals surface area contributed by atoms with E-state index < -0.39 is 0 Å². The number of nitrogens with one attached hydrogen (secondary N) is 1. The van der Waals surface area contributed by atoms with Gasteiger partial charge in [0.1, 0.15) is 0 Å². The lowest BCUT2D eigenvalue weighted by Gasteiger charge is -2.42. The van der Waals surface area contributed by atoms with E-state index in [2.05, 4.69) is 5.32 Å². The molecule has 0 atom stereocenters. The number of urea groups is 1. The van der Waals surface area contributed by atoms with Crippen LogP contribution in [0.2, 0.25) is 0 Å². The van der Waals surface area contributed by atoms with Crippen LogP contribution in [0.4, 0.5) is 10.5 Å². The van der Waals surface area contributed by atoms with Gasteiger partial charge in [-0.15, -0.1) is 0 Å². The maximum atomic E-state index is 12.6. The number of hydrogen-bond acceptors (Lipinski definition) is 3. The Morgan fingerprint density at radius 2 is 1.92 bits per heavy atom. The molecule has 1 saturated carbocycles. The van der Waals surface area contributed by atoms with Gasteiger partial charge < -0.3 is 19.7 Å². The molecule has 0 radical (unpaired) electrons. The van der Waals surface area contributed by atoms with E-state index in [9.17, 15) is 4.79 Å². The lowest BCUT2D eigenvalue weighted by atomic mass is 9.92. The molecule has 1 N–H and O–H groups in total. The maximum absolute atomic E-state index is 12.6. The molecule has 5 nitrogen and oxygen atoms in total. The van der Waals surface area contributed by atoms with Gasteiger partial charge in [-0.3, -0.25) is 0 Å². The molecule has 1 aromatic carbocycles. The number of amides is 2. The molecule has 2 amide bonds. The van der Waals surface area contributed by atoms with Gasteiger partial charge in [0.2, 0.25) is 0 Å². The molecule has 132 valence electrons. The SMILES string of the molecule is COCc1ccc(NC(=O)N2CCOC3(CCCCCC3)C2)cc1. The Kier molecular flexibility index (Phi) is 5.74. The van der Waals surface area contributed by atoms with Crippen LogP contribution in [-0.2, 0) is 16.1 Å². The molecule has 1 aliphatic heterocycles. The fourth-order valence-electron chi connectivity index (χ4n) is 3.75. The zero-order valence-corrected chi connectivity index (χ0v) is 14.6. The van der Waals surface area contributed by atoms with Gasteiger partial charge >= 0.3 is 6.03 Å². The van der Waals surface area contributed by atoms with Gasteiger partial charge in [-0.2, -0.15) is 0 Å². The van der Waals surface area contributed by atoms with Gasteiger partial charge in [-0.05, 0) is 30.5 Å². The van der Waals surface area contributed by atoms with Gasteiger partial charge in [-0.25, -0.2) is 4.79 Å². The zero-order chi connectivity index (χ0) is 16.8. The van der Waals surface area contributed by atoms with E-state index in [1.165, 1.54) is 25.7 Å². The topological polar surface area (TPSA) is 50.8 Å². The monoisotopic (exact) mass is 332 g/mol. The van der Waals surface area contributed by atoms with Gasteiger partial charge in [0, 0.05) is 19.3 Å². The first-order valence-corrected chi connectivity index (χ1v) is 8.99. The second-order valence-electron chi connectivity index (χ2n) is 6.93. The number of methoxy groups -OCH3 is 1. The van der Waals surface area contributed by atoms with Crippen molar-refractivity contribution in [2.45, 2.75) is 50.7 Å². The molecule has 2 aliphatic rings. The Morgan fingerprint density at radius 1 is 1.21 bits per heavy atom. The van der Waals surface area contributed by atoms with Crippen molar-refractivity contribution in [3.05, 3.63) is 29.8 Å². The number of rotatable bonds is 3. The van der Waals surface area contributed by atoms with Crippen molar-refractivity contribution < 1.29 is 14.3 Å². The van der Waals surface area contributed by atoms with E-state index in [0.29, 0.717) is 26.3 Å². The summed E-state index contributed by atoms with van der Waals surface area (Å²) in [6.45, 7) is 2.59. The van der Waals surface area contributed by atoms with Gasteiger partial charge in [-0.1, -0.05) is 37.8 Å². The smallest absolute Gasteiger partial charge is 0.322 e. The van der Waals surface area contributed by atoms with E-state index in [4.69, 9.17) is 9.47 Å². The largest absolute Gasteiger partial charge is 0.380 e. The van der Waals surface area contributed by atoms with E-state index in [0.717, 1.165) is 24.1 Å². The minimum absolute atomic E-state index is 0.0265. The molecule has 3 rings (SSSR count). The first kappa shape index (κ1) is 17.2. The average molecular weight is 332 g/mol. The molecule has 1 heterocycles. The highest BCUT2D eigenvalue weighted by atomic mass is 16.5. The summed E-state index contributed by atoms with van der Waals surface area (Å²) < 4.78 is 11.2. The Morgan fingerprint density at radius 3 is 2.58 bits per heavy atom.